The van der Waals surface area contributed by atoms with E-state index >= 15 is 0 Å². The van der Waals surface area contributed by atoms with Crippen molar-refractivity contribution in [1.82, 2.24) is 9.80 Å². The second-order valence-electron chi connectivity index (χ2n) is 8.83. The number of alkyl halides is 3. The van der Waals surface area contributed by atoms with Crippen LogP contribution in [0.15, 0.2) is 97.9 Å². The molecule has 0 fully saturated rings. The fourth-order valence-corrected chi connectivity index (χ4v) is 3.90. The molecular formula is C30H25F3IrN6-6. The van der Waals surface area contributed by atoms with E-state index in [0.29, 0.717) is 11.4 Å². The third-order valence-electron chi connectivity index (χ3n) is 5.84. The first kappa shape index (κ1) is 29.1. The fraction of sp³-hybridized carbons (Fsp3) is 0.100. The Balaban J connectivity index is 0.000000186. The van der Waals surface area contributed by atoms with Crippen molar-refractivity contribution in [2.24, 2.45) is 0 Å². The number of hydrogen-bond donors (Lipinski definition) is 0. The molecule has 3 heterocycles. The largest absolute Gasteiger partial charge is 0.510 e. The first-order chi connectivity index (χ1) is 18.8. The number of anilines is 4. The third kappa shape index (κ3) is 7.00. The van der Waals surface area contributed by atoms with Gasteiger partial charge >= 0.3 is 6.18 Å². The summed E-state index contributed by atoms with van der Waals surface area (Å²) in [7, 11) is 3.61. The van der Waals surface area contributed by atoms with E-state index < -0.39 is 11.7 Å². The summed E-state index contributed by atoms with van der Waals surface area (Å²) in [5.74, 6) is 0. The summed E-state index contributed by atoms with van der Waals surface area (Å²) in [5, 5.41) is 0. The smallest absolute Gasteiger partial charge is 0.394 e. The van der Waals surface area contributed by atoms with Gasteiger partial charge in [0.1, 0.15) is 0 Å². The fourth-order valence-electron chi connectivity index (χ4n) is 3.90. The van der Waals surface area contributed by atoms with E-state index in [9.17, 15) is 13.2 Å². The average molecular weight is 719 g/mol. The first-order valence-electron chi connectivity index (χ1n) is 12.0. The van der Waals surface area contributed by atoms with Crippen molar-refractivity contribution in [3.05, 3.63) is 142 Å². The van der Waals surface area contributed by atoms with Crippen molar-refractivity contribution in [1.29, 1.82) is 0 Å². The third-order valence-corrected chi connectivity index (χ3v) is 5.84. The van der Waals surface area contributed by atoms with Crippen LogP contribution in [0.1, 0.15) is 5.56 Å². The van der Waals surface area contributed by atoms with Gasteiger partial charge in [0.05, 0.1) is 0 Å². The van der Waals surface area contributed by atoms with Crippen molar-refractivity contribution >= 4 is 22.7 Å². The van der Waals surface area contributed by atoms with Gasteiger partial charge in [0.15, 0.2) is 0 Å². The topological polar surface area (TPSA) is 19.4 Å². The van der Waals surface area contributed by atoms with Crippen molar-refractivity contribution in [3.8, 4) is 0 Å². The maximum absolute atomic E-state index is 13.1. The maximum atomic E-state index is 13.1. The van der Waals surface area contributed by atoms with E-state index in [1.54, 1.807) is 71.8 Å². The minimum Gasteiger partial charge on any atom is -0.510 e. The van der Waals surface area contributed by atoms with Crippen molar-refractivity contribution in [3.63, 3.8) is 0 Å². The Bertz CT molecular complexity index is 1250. The van der Waals surface area contributed by atoms with Gasteiger partial charge in [0.2, 0.25) is 0 Å². The van der Waals surface area contributed by atoms with Crippen LogP contribution in [0.4, 0.5) is 35.9 Å². The molecule has 0 aliphatic carbocycles. The zero-order valence-corrected chi connectivity index (χ0v) is 24.0. The summed E-state index contributed by atoms with van der Waals surface area (Å²) in [4.78, 5) is 10.8. The minimum atomic E-state index is -4.41. The Morgan fingerprint density at radius 1 is 0.600 bits per heavy atom. The summed E-state index contributed by atoms with van der Waals surface area (Å²) in [6, 6.07) is 27.4. The van der Waals surface area contributed by atoms with Crippen molar-refractivity contribution in [2.45, 2.75) is 6.18 Å². The summed E-state index contributed by atoms with van der Waals surface area (Å²) in [6.07, 6.45) is 6.48. The van der Waals surface area contributed by atoms with Crippen LogP contribution in [0.25, 0.3) is 0 Å². The van der Waals surface area contributed by atoms with E-state index in [2.05, 4.69) is 18.2 Å². The van der Waals surface area contributed by atoms with E-state index in [1.807, 2.05) is 77.4 Å². The van der Waals surface area contributed by atoms with Gasteiger partial charge in [-0.15, -0.1) is 47.6 Å². The van der Waals surface area contributed by atoms with Crippen LogP contribution in [-0.2, 0) is 26.3 Å². The quantitative estimate of drug-likeness (QED) is 0.290. The molecule has 0 atom stereocenters. The van der Waals surface area contributed by atoms with Crippen LogP contribution in [0.5, 0.6) is 0 Å². The molecule has 3 aromatic carbocycles. The molecular weight excluding hydrogens is 694 g/mol. The maximum Gasteiger partial charge on any atom is 0.394 e. The van der Waals surface area contributed by atoms with E-state index in [0.717, 1.165) is 23.5 Å². The normalized spacial score (nSPS) is 16.0. The molecule has 3 aromatic rings. The van der Waals surface area contributed by atoms with E-state index in [4.69, 9.17) is 0 Å². The summed E-state index contributed by atoms with van der Waals surface area (Å²) in [6.45, 7) is 5.38. The molecule has 3 aliphatic rings. The van der Waals surface area contributed by atoms with Crippen molar-refractivity contribution < 1.29 is 33.3 Å². The van der Waals surface area contributed by atoms with Crippen molar-refractivity contribution in [2.75, 3.05) is 33.7 Å². The van der Waals surface area contributed by atoms with Gasteiger partial charge in [-0.05, 0) is 51.3 Å². The number of rotatable bonds is 4. The molecule has 3 aliphatic heterocycles. The van der Waals surface area contributed by atoms with Crippen LogP contribution in [0.3, 0.4) is 0 Å². The van der Waals surface area contributed by atoms with Crippen LogP contribution < -0.4 is 19.6 Å². The summed E-state index contributed by atoms with van der Waals surface area (Å²) in [5.41, 5.74) is 2.02. The van der Waals surface area contributed by atoms with E-state index in [-0.39, 0.29) is 20.1 Å². The molecule has 10 heteroatoms. The van der Waals surface area contributed by atoms with Gasteiger partial charge in [-0.3, -0.25) is 0 Å². The molecule has 0 unspecified atom stereocenters. The number of benzene rings is 3. The Labute approximate surface area is 246 Å². The van der Waals surface area contributed by atoms with Crippen LogP contribution >= 0.6 is 0 Å². The Hall–Kier alpha value is -3.88. The molecule has 6 nitrogen and oxygen atoms in total. The number of nitrogens with zero attached hydrogens (tertiary/aromatic N) is 6. The first-order valence-corrected chi connectivity index (χ1v) is 12.0. The second-order valence-corrected chi connectivity index (χ2v) is 8.83. The zero-order valence-electron chi connectivity index (χ0n) is 21.6. The Kier molecular flexibility index (Phi) is 9.12. The van der Waals surface area contributed by atoms with Crippen LogP contribution in [0, 0.1) is 38.2 Å². The van der Waals surface area contributed by atoms with Gasteiger partial charge in [-0.2, -0.15) is 87.2 Å². The average Bonchev–Trinajstić information content (AvgIpc) is 3.71. The van der Waals surface area contributed by atoms with Gasteiger partial charge < -0.3 is 29.4 Å². The predicted molar refractivity (Wildman–Crippen MR) is 147 cm³/mol. The number of para-hydroxylation sites is 2. The molecule has 0 amide bonds. The van der Waals surface area contributed by atoms with Gasteiger partial charge in [0.25, 0.3) is 0 Å². The molecule has 40 heavy (non-hydrogen) atoms. The minimum absolute atomic E-state index is 0. The molecule has 0 spiro atoms. The molecule has 1 radical (unpaired) electrons. The standard InChI is InChI=1S/C15H14F3N4.C15H11N2.Ir/c1-19-3-5-21(10-19)13-7-12(15(16,17)18)8-14(9-13)22-6-4-20(2)11-22;1-3-7-14(8-4-1)16-11-12-17(13-16)15-9-5-2-6-10-15;/h3-8,10-11H,1-2H3;1-7,9,11-13H;/q2*-3;. The SMILES string of the molecule is CN1C=CN(c2[c-]c(N3C=CN(C)[CH-]3)cc(C(F)(F)F)c2)[CH-]1.[Ir].[c-]1ccccc1N1C=CN(c2[c-]cccc2)[CH-]1. The zero-order chi connectivity index (χ0) is 27.4. The van der Waals surface area contributed by atoms with Crippen LogP contribution in [0.2, 0.25) is 0 Å². The number of hydrogen-bond acceptors (Lipinski definition) is 6. The van der Waals surface area contributed by atoms with Crippen LogP contribution in [-0.4, -0.2) is 23.9 Å². The molecule has 0 saturated carbocycles. The molecule has 211 valence electrons. The molecule has 0 N–H and O–H groups in total. The number of halogens is 3. The molecule has 6 rings (SSSR count). The Morgan fingerprint density at radius 3 is 1.38 bits per heavy atom. The molecule has 0 aromatic heterocycles. The molecule has 0 bridgehead atoms. The predicted octanol–water partition coefficient (Wildman–Crippen LogP) is 6.39. The monoisotopic (exact) mass is 719 g/mol. The van der Waals surface area contributed by atoms with Gasteiger partial charge in [-0.25, -0.2) is 0 Å². The molecule has 0 saturated heterocycles. The Morgan fingerprint density at radius 2 is 1.02 bits per heavy atom. The summed E-state index contributed by atoms with van der Waals surface area (Å²) >= 11 is 0. The van der Waals surface area contributed by atoms with E-state index in [1.165, 1.54) is 0 Å². The summed E-state index contributed by atoms with van der Waals surface area (Å²) < 4.78 is 39.4. The van der Waals surface area contributed by atoms with Gasteiger partial charge in [0, 0.05) is 20.1 Å². The van der Waals surface area contributed by atoms with Gasteiger partial charge in [-0.1, -0.05) is 5.56 Å². The second kappa shape index (κ2) is 12.5.